The lowest BCUT2D eigenvalue weighted by atomic mass is 10.1. The highest BCUT2D eigenvalue weighted by atomic mass is 16.1. The van der Waals surface area contributed by atoms with Crippen LogP contribution in [0.3, 0.4) is 0 Å². The lowest BCUT2D eigenvalue weighted by molar-refractivity contribution is 0.104. The molecule has 0 unspecified atom stereocenters. The Labute approximate surface area is 106 Å². The van der Waals surface area contributed by atoms with Crippen molar-refractivity contribution in [3.63, 3.8) is 0 Å². The van der Waals surface area contributed by atoms with Gasteiger partial charge in [-0.2, -0.15) is 0 Å². The Kier molecular flexibility index (Phi) is 3.19. The summed E-state index contributed by atoms with van der Waals surface area (Å²) in [6, 6.07) is 0. The van der Waals surface area contributed by atoms with Gasteiger partial charge in [-0.15, -0.1) is 0 Å². The van der Waals surface area contributed by atoms with Gasteiger partial charge < -0.3 is 9.55 Å². The van der Waals surface area contributed by atoms with Crippen LogP contribution in [-0.4, -0.2) is 20.3 Å². The number of H-pyrrole nitrogens is 1. The molecule has 0 aliphatic heterocycles. The van der Waals surface area contributed by atoms with Gasteiger partial charge in [0.05, 0.1) is 12.0 Å². The minimum Gasteiger partial charge on any atom is -0.354 e. The maximum Gasteiger partial charge on any atom is 0.187 e. The van der Waals surface area contributed by atoms with Gasteiger partial charge >= 0.3 is 0 Å². The molecule has 2 heterocycles. The zero-order valence-corrected chi connectivity index (χ0v) is 11.1. The third-order valence-electron chi connectivity index (χ3n) is 3.18. The first-order chi connectivity index (χ1) is 8.50. The summed E-state index contributed by atoms with van der Waals surface area (Å²) in [6.07, 6.45) is 6.92. The quantitative estimate of drug-likeness (QED) is 0.665. The van der Waals surface area contributed by atoms with Crippen molar-refractivity contribution in [2.75, 3.05) is 0 Å². The number of nitrogens with zero attached hydrogens (tertiary/aromatic N) is 2. The summed E-state index contributed by atoms with van der Waals surface area (Å²) in [5, 5.41) is 0. The van der Waals surface area contributed by atoms with Crippen molar-refractivity contribution >= 4 is 11.9 Å². The van der Waals surface area contributed by atoms with Gasteiger partial charge in [0.1, 0.15) is 0 Å². The molecule has 2 rings (SSSR count). The van der Waals surface area contributed by atoms with E-state index in [4.69, 9.17) is 0 Å². The number of ketones is 1. The second kappa shape index (κ2) is 4.64. The van der Waals surface area contributed by atoms with Crippen LogP contribution in [0.1, 0.15) is 33.0 Å². The monoisotopic (exact) mass is 243 g/mol. The lowest BCUT2D eigenvalue weighted by Crippen LogP contribution is -1.99. The summed E-state index contributed by atoms with van der Waals surface area (Å²) in [7, 11) is 1.95. The molecule has 2 aromatic rings. The predicted molar refractivity (Wildman–Crippen MR) is 71.6 cm³/mol. The number of carbonyl (C=O) groups is 1. The van der Waals surface area contributed by atoms with Crippen molar-refractivity contribution in [1.29, 1.82) is 0 Å². The topological polar surface area (TPSA) is 50.7 Å². The van der Waals surface area contributed by atoms with Gasteiger partial charge in [-0.25, -0.2) is 4.98 Å². The summed E-state index contributed by atoms with van der Waals surface area (Å²) in [5.41, 5.74) is 4.53. The van der Waals surface area contributed by atoms with Crippen LogP contribution >= 0.6 is 0 Å². The number of aromatic nitrogens is 3. The molecule has 0 aliphatic carbocycles. The zero-order valence-electron chi connectivity index (χ0n) is 11.1. The van der Waals surface area contributed by atoms with Gasteiger partial charge in [0, 0.05) is 30.2 Å². The predicted octanol–water partition coefficient (Wildman–Crippen LogP) is 2.57. The molecular weight excluding hydrogens is 226 g/mol. The van der Waals surface area contributed by atoms with Gasteiger partial charge in [-0.1, -0.05) is 0 Å². The Hall–Kier alpha value is -2.10. The third kappa shape index (κ3) is 2.14. The standard InChI is InChI=1S/C14H17N3O/c1-9-7-17(4)11(3)14(9)13(18)6-5-12-10(2)15-8-16-12/h5-8H,1-4H3,(H,15,16)/b6-5+. The molecule has 0 bridgehead atoms. The van der Waals surface area contributed by atoms with Crippen LogP contribution < -0.4 is 0 Å². The number of hydrogen-bond acceptors (Lipinski definition) is 2. The van der Waals surface area contributed by atoms with Crippen molar-refractivity contribution in [3.05, 3.63) is 46.8 Å². The molecule has 94 valence electrons. The molecule has 0 aliphatic rings. The fourth-order valence-electron chi connectivity index (χ4n) is 2.06. The first kappa shape index (κ1) is 12.4. The van der Waals surface area contributed by atoms with Crippen molar-refractivity contribution in [2.45, 2.75) is 20.8 Å². The molecule has 2 aromatic heterocycles. The number of allylic oxidation sites excluding steroid dienone is 1. The second-order valence-electron chi connectivity index (χ2n) is 4.49. The van der Waals surface area contributed by atoms with Gasteiger partial charge in [0.25, 0.3) is 0 Å². The molecular formula is C14H17N3O. The number of nitrogens with one attached hydrogen (secondary N) is 1. The van der Waals surface area contributed by atoms with E-state index >= 15 is 0 Å². The number of rotatable bonds is 3. The summed E-state index contributed by atoms with van der Waals surface area (Å²) < 4.78 is 1.97. The van der Waals surface area contributed by atoms with Crippen LogP contribution in [0.5, 0.6) is 0 Å². The van der Waals surface area contributed by atoms with Crippen LogP contribution in [0.2, 0.25) is 0 Å². The molecule has 0 atom stereocenters. The molecule has 18 heavy (non-hydrogen) atoms. The Bertz CT molecular complexity index is 617. The van der Waals surface area contributed by atoms with E-state index < -0.39 is 0 Å². The van der Waals surface area contributed by atoms with E-state index in [2.05, 4.69) is 9.97 Å². The molecule has 4 nitrogen and oxygen atoms in total. The Balaban J connectivity index is 2.28. The van der Waals surface area contributed by atoms with Crippen LogP contribution in [0, 0.1) is 20.8 Å². The number of aromatic amines is 1. The minimum atomic E-state index is 0.0213. The van der Waals surface area contributed by atoms with E-state index in [0.717, 1.165) is 28.2 Å². The van der Waals surface area contributed by atoms with E-state index in [1.807, 2.05) is 38.6 Å². The number of carbonyl (C=O) groups excluding carboxylic acids is 1. The molecule has 0 saturated heterocycles. The van der Waals surface area contributed by atoms with Gasteiger partial charge in [-0.05, 0) is 38.5 Å². The maximum atomic E-state index is 12.2. The zero-order chi connectivity index (χ0) is 13.3. The molecule has 0 spiro atoms. The molecule has 0 radical (unpaired) electrons. The van der Waals surface area contributed by atoms with Gasteiger partial charge in [-0.3, -0.25) is 4.79 Å². The number of hydrogen-bond donors (Lipinski definition) is 1. The first-order valence-electron chi connectivity index (χ1n) is 5.85. The average molecular weight is 243 g/mol. The molecule has 0 amide bonds. The van der Waals surface area contributed by atoms with E-state index in [9.17, 15) is 4.79 Å². The van der Waals surface area contributed by atoms with E-state index in [1.165, 1.54) is 0 Å². The fraction of sp³-hybridized carbons (Fsp3) is 0.286. The highest BCUT2D eigenvalue weighted by molar-refractivity contribution is 6.08. The number of imidazole rings is 1. The van der Waals surface area contributed by atoms with E-state index in [0.29, 0.717) is 0 Å². The Morgan fingerprint density at radius 1 is 1.39 bits per heavy atom. The fourth-order valence-corrected chi connectivity index (χ4v) is 2.06. The Morgan fingerprint density at radius 2 is 2.11 bits per heavy atom. The molecule has 0 aromatic carbocycles. The highest BCUT2D eigenvalue weighted by Gasteiger charge is 2.13. The van der Waals surface area contributed by atoms with Gasteiger partial charge in [0.15, 0.2) is 5.78 Å². The molecule has 0 fully saturated rings. The summed E-state index contributed by atoms with van der Waals surface area (Å²) in [6.45, 7) is 5.83. The van der Waals surface area contributed by atoms with Crippen LogP contribution in [0.4, 0.5) is 0 Å². The van der Waals surface area contributed by atoms with E-state index in [-0.39, 0.29) is 5.78 Å². The van der Waals surface area contributed by atoms with Crippen molar-refractivity contribution in [1.82, 2.24) is 14.5 Å². The summed E-state index contributed by atoms with van der Waals surface area (Å²) in [5.74, 6) is 0.0213. The summed E-state index contributed by atoms with van der Waals surface area (Å²) >= 11 is 0. The minimum absolute atomic E-state index is 0.0213. The van der Waals surface area contributed by atoms with Gasteiger partial charge in [0.2, 0.25) is 0 Å². The van der Waals surface area contributed by atoms with Crippen LogP contribution in [0.15, 0.2) is 18.6 Å². The lowest BCUT2D eigenvalue weighted by Gasteiger charge is -1.98. The third-order valence-corrected chi connectivity index (χ3v) is 3.18. The van der Waals surface area contributed by atoms with Crippen molar-refractivity contribution < 1.29 is 4.79 Å². The summed E-state index contributed by atoms with van der Waals surface area (Å²) in [4.78, 5) is 19.3. The molecule has 0 saturated carbocycles. The molecule has 4 heteroatoms. The second-order valence-corrected chi connectivity index (χ2v) is 4.49. The van der Waals surface area contributed by atoms with Crippen molar-refractivity contribution in [3.8, 4) is 0 Å². The Morgan fingerprint density at radius 3 is 2.61 bits per heavy atom. The van der Waals surface area contributed by atoms with E-state index in [1.54, 1.807) is 18.5 Å². The normalized spacial score (nSPS) is 11.3. The smallest absolute Gasteiger partial charge is 0.187 e. The average Bonchev–Trinajstić information content (AvgIpc) is 2.81. The largest absolute Gasteiger partial charge is 0.354 e. The van der Waals surface area contributed by atoms with Crippen LogP contribution in [0.25, 0.3) is 6.08 Å². The first-order valence-corrected chi connectivity index (χ1v) is 5.85. The highest BCUT2D eigenvalue weighted by Crippen LogP contribution is 2.16. The number of aryl methyl sites for hydroxylation is 3. The SMILES string of the molecule is Cc1cn(C)c(C)c1C(=O)/C=C/c1nc[nH]c1C. The van der Waals surface area contributed by atoms with Crippen molar-refractivity contribution in [2.24, 2.45) is 7.05 Å². The maximum absolute atomic E-state index is 12.2. The molecule has 1 N–H and O–H groups in total. The van der Waals surface area contributed by atoms with Crippen LogP contribution in [-0.2, 0) is 7.05 Å².